The van der Waals surface area contributed by atoms with Gasteiger partial charge in [0.05, 0.1) is 37.7 Å². The Morgan fingerprint density at radius 2 is 1.42 bits per heavy atom. The SMILES string of the molecule is CCCC[N+](CCCC)(CCCC)CCCC.O=C([O-])c1cc(Cl)cc2c1n[nH][n+]2[O-]. The summed E-state index contributed by atoms with van der Waals surface area (Å²) in [6.45, 7) is 15.0. The molecule has 2 aromatic rings. The van der Waals surface area contributed by atoms with Crippen molar-refractivity contribution in [1.82, 2.24) is 10.3 Å². The quantitative estimate of drug-likeness (QED) is 0.278. The molecule has 1 N–H and O–H groups in total. The zero-order valence-corrected chi connectivity index (χ0v) is 20.3. The highest BCUT2D eigenvalue weighted by Gasteiger charge is 2.24. The van der Waals surface area contributed by atoms with E-state index in [0.717, 1.165) is 0 Å². The summed E-state index contributed by atoms with van der Waals surface area (Å²) < 4.78 is 1.42. The van der Waals surface area contributed by atoms with Gasteiger partial charge in [-0.05, 0) is 31.7 Å². The van der Waals surface area contributed by atoms with Crippen molar-refractivity contribution >= 4 is 28.6 Å². The molecule has 0 radical (unpaired) electrons. The summed E-state index contributed by atoms with van der Waals surface area (Å²) in [5, 5.41) is 27.4. The molecule has 0 fully saturated rings. The number of carbonyl (C=O) groups excluding carboxylic acids is 1. The number of benzene rings is 1. The van der Waals surface area contributed by atoms with Crippen LogP contribution in [0.1, 0.15) is 89.4 Å². The number of fused-ring (bicyclic) bond motifs is 1. The molecule has 0 saturated carbocycles. The predicted octanol–water partition coefficient (Wildman–Crippen LogP) is 4.22. The van der Waals surface area contributed by atoms with Gasteiger partial charge in [0.2, 0.25) is 5.52 Å². The molecular weight excluding hydrogens is 416 g/mol. The Balaban J connectivity index is 0.000000314. The van der Waals surface area contributed by atoms with Gasteiger partial charge in [-0.25, -0.2) is 0 Å². The number of rotatable bonds is 13. The molecule has 176 valence electrons. The number of carbonyl (C=O) groups is 1. The zero-order chi connectivity index (χ0) is 23.3. The number of nitrogens with zero attached hydrogens (tertiary/aromatic N) is 3. The summed E-state index contributed by atoms with van der Waals surface area (Å²) in [6, 6.07) is 2.50. The number of hydrogen-bond donors (Lipinski definition) is 1. The molecular formula is C23H39ClN4O3. The van der Waals surface area contributed by atoms with E-state index in [9.17, 15) is 15.1 Å². The maximum atomic E-state index is 11.0. The van der Waals surface area contributed by atoms with E-state index in [-0.39, 0.29) is 21.6 Å². The number of hydrogen-bond acceptors (Lipinski definition) is 4. The second-order valence-corrected chi connectivity index (χ2v) is 8.70. The van der Waals surface area contributed by atoms with Gasteiger partial charge in [-0.2, -0.15) is 4.85 Å². The first kappa shape index (κ1) is 27.2. The van der Waals surface area contributed by atoms with Crippen LogP contribution in [0.2, 0.25) is 5.02 Å². The van der Waals surface area contributed by atoms with E-state index in [2.05, 4.69) is 38.0 Å². The minimum atomic E-state index is -1.43. The normalized spacial score (nSPS) is 11.4. The fraction of sp³-hybridized carbons (Fsp3) is 0.696. The number of aromatic amines is 1. The number of quaternary nitrogens is 1. The molecule has 7 nitrogen and oxygen atoms in total. The molecule has 0 atom stereocenters. The van der Waals surface area contributed by atoms with E-state index in [1.165, 1.54) is 94.2 Å². The number of carboxylic acid groups (broad SMARTS) is 1. The molecule has 0 saturated heterocycles. The van der Waals surface area contributed by atoms with Crippen LogP contribution in [0.4, 0.5) is 0 Å². The Labute approximate surface area is 191 Å². The molecule has 0 amide bonds. The Morgan fingerprint density at radius 1 is 0.968 bits per heavy atom. The lowest BCUT2D eigenvalue weighted by atomic mass is 10.1. The Morgan fingerprint density at radius 3 is 1.81 bits per heavy atom. The molecule has 0 spiro atoms. The number of aromatic nitrogens is 3. The average Bonchev–Trinajstić information content (AvgIpc) is 3.13. The molecule has 0 aliphatic carbocycles. The van der Waals surface area contributed by atoms with Gasteiger partial charge in [0, 0.05) is 16.2 Å². The van der Waals surface area contributed by atoms with Crippen LogP contribution in [0.5, 0.6) is 0 Å². The molecule has 1 heterocycles. The third-order valence-electron chi connectivity index (χ3n) is 5.69. The topological polar surface area (TPSA) is 95.8 Å². The van der Waals surface area contributed by atoms with Crippen LogP contribution in [0.3, 0.4) is 0 Å². The van der Waals surface area contributed by atoms with Crippen molar-refractivity contribution in [3.63, 3.8) is 0 Å². The Kier molecular flexibility index (Phi) is 12.5. The standard InChI is InChI=1S/C16H36N.C7H4ClN3O3/c1-5-9-13-17(14-10-6-2,15-11-7-3)16-12-8-4;8-3-1-4(7(12)13)6-5(2-3)11(14)10-9-6/h5-16H2,1-4H3;1-2,10H,(H,12,13)/q+1;/p-1. The van der Waals surface area contributed by atoms with Crippen molar-refractivity contribution in [1.29, 1.82) is 0 Å². The summed E-state index contributed by atoms with van der Waals surface area (Å²) in [7, 11) is 0. The third kappa shape index (κ3) is 8.65. The second kappa shape index (κ2) is 14.2. The lowest BCUT2D eigenvalue weighted by Crippen LogP contribution is -2.50. The minimum absolute atomic E-state index is 0.0319. The van der Waals surface area contributed by atoms with Crippen molar-refractivity contribution in [3.8, 4) is 0 Å². The van der Waals surface area contributed by atoms with Crippen molar-refractivity contribution in [2.75, 3.05) is 26.2 Å². The molecule has 0 bridgehead atoms. The van der Waals surface area contributed by atoms with E-state index in [1.54, 1.807) is 0 Å². The van der Waals surface area contributed by atoms with Crippen LogP contribution in [0.15, 0.2) is 12.1 Å². The van der Waals surface area contributed by atoms with Crippen LogP contribution in [0, 0.1) is 5.21 Å². The number of nitrogens with one attached hydrogen (secondary N) is 1. The average molecular weight is 455 g/mol. The van der Waals surface area contributed by atoms with E-state index in [0.29, 0.717) is 4.85 Å². The zero-order valence-electron chi connectivity index (χ0n) is 19.6. The first-order valence-corrected chi connectivity index (χ1v) is 12.1. The van der Waals surface area contributed by atoms with Crippen LogP contribution >= 0.6 is 11.6 Å². The predicted molar refractivity (Wildman–Crippen MR) is 124 cm³/mol. The lowest BCUT2D eigenvalue weighted by molar-refractivity contribution is -0.929. The molecule has 0 aliphatic heterocycles. The summed E-state index contributed by atoms with van der Waals surface area (Å²) >= 11 is 5.61. The molecule has 31 heavy (non-hydrogen) atoms. The van der Waals surface area contributed by atoms with Crippen LogP contribution in [0.25, 0.3) is 11.0 Å². The van der Waals surface area contributed by atoms with E-state index in [1.807, 2.05) is 0 Å². The number of carboxylic acids is 1. The van der Waals surface area contributed by atoms with Crippen molar-refractivity contribution in [2.45, 2.75) is 79.1 Å². The van der Waals surface area contributed by atoms with Gasteiger partial charge >= 0.3 is 0 Å². The van der Waals surface area contributed by atoms with E-state index >= 15 is 0 Å². The second-order valence-electron chi connectivity index (χ2n) is 8.27. The molecule has 0 aliphatic rings. The Hall–Kier alpha value is -1.86. The highest BCUT2D eigenvalue weighted by atomic mass is 35.5. The highest BCUT2D eigenvalue weighted by molar-refractivity contribution is 6.31. The maximum absolute atomic E-state index is 11.0. The molecule has 8 heteroatoms. The molecule has 2 rings (SSSR count). The van der Waals surface area contributed by atoms with Crippen molar-refractivity contribution in [3.05, 3.63) is 27.9 Å². The third-order valence-corrected chi connectivity index (χ3v) is 5.91. The van der Waals surface area contributed by atoms with Gasteiger partial charge in [-0.15, -0.1) is 0 Å². The fourth-order valence-electron chi connectivity index (χ4n) is 3.81. The molecule has 0 unspecified atom stereocenters. The lowest BCUT2D eigenvalue weighted by Gasteiger charge is -2.39. The van der Waals surface area contributed by atoms with E-state index in [4.69, 9.17) is 11.6 Å². The van der Waals surface area contributed by atoms with Gasteiger partial charge in [-0.3, -0.25) is 0 Å². The number of H-pyrrole nitrogens is 1. The first-order chi connectivity index (χ1) is 14.8. The van der Waals surface area contributed by atoms with Gasteiger partial charge in [-0.1, -0.05) is 70.2 Å². The molecule has 1 aromatic heterocycles. The summed E-state index contributed by atoms with van der Waals surface area (Å²) in [5.74, 6) is -1.43. The first-order valence-electron chi connectivity index (χ1n) is 11.7. The molecule has 1 aromatic carbocycles. The number of halogens is 1. The van der Waals surface area contributed by atoms with Crippen molar-refractivity contribution < 1.29 is 19.2 Å². The monoisotopic (exact) mass is 454 g/mol. The van der Waals surface area contributed by atoms with Gasteiger partial charge in [0.25, 0.3) is 5.52 Å². The van der Waals surface area contributed by atoms with Crippen LogP contribution in [-0.2, 0) is 0 Å². The summed E-state index contributed by atoms with van der Waals surface area (Å²) in [4.78, 5) is 11.0. The minimum Gasteiger partial charge on any atom is -0.692 e. The summed E-state index contributed by atoms with van der Waals surface area (Å²) in [5.41, 5.74) is -0.112. The largest absolute Gasteiger partial charge is 0.692 e. The van der Waals surface area contributed by atoms with Gasteiger partial charge in [0.1, 0.15) is 0 Å². The highest BCUT2D eigenvalue weighted by Crippen LogP contribution is 2.19. The number of aromatic carboxylic acids is 1. The fourth-order valence-corrected chi connectivity index (χ4v) is 4.02. The smallest absolute Gasteiger partial charge is 0.258 e. The maximum Gasteiger partial charge on any atom is 0.258 e. The number of unbranched alkanes of at least 4 members (excludes halogenated alkanes) is 4. The van der Waals surface area contributed by atoms with Crippen LogP contribution in [-0.4, -0.2) is 46.9 Å². The van der Waals surface area contributed by atoms with Gasteiger partial charge < -0.3 is 19.6 Å². The summed E-state index contributed by atoms with van der Waals surface area (Å²) in [6.07, 6.45) is 11.1. The van der Waals surface area contributed by atoms with Crippen LogP contribution < -0.4 is 9.95 Å². The van der Waals surface area contributed by atoms with E-state index < -0.39 is 5.97 Å². The Bertz CT molecular complexity index is 757. The van der Waals surface area contributed by atoms with Crippen molar-refractivity contribution in [2.24, 2.45) is 0 Å². The van der Waals surface area contributed by atoms with Gasteiger partial charge in [0.15, 0.2) is 0 Å².